The highest BCUT2D eigenvalue weighted by atomic mass is 14.8. The Morgan fingerprint density at radius 3 is 1.53 bits per heavy atom. The summed E-state index contributed by atoms with van der Waals surface area (Å²) >= 11 is 0. The second-order valence-electron chi connectivity index (χ2n) is 3.46. The summed E-state index contributed by atoms with van der Waals surface area (Å²) in [6, 6.07) is 17.3. The molecule has 3 rings (SSSR count). The number of rotatable bonds is 0. The van der Waals surface area contributed by atoms with Crippen LogP contribution in [0.4, 0.5) is 5.69 Å². The van der Waals surface area contributed by atoms with Gasteiger partial charge in [0.2, 0.25) is 0 Å². The number of nitrogens with zero attached hydrogens (tertiary/aromatic N) is 2. The third kappa shape index (κ3) is 3.28. The van der Waals surface area contributed by atoms with E-state index in [4.69, 9.17) is 5.73 Å². The van der Waals surface area contributed by atoms with Gasteiger partial charge in [0.1, 0.15) is 0 Å². The average Bonchev–Trinajstić information content (AvgIpc) is 2.41. The van der Waals surface area contributed by atoms with Crippen molar-refractivity contribution in [1.29, 1.82) is 0 Å². The number of benzene rings is 2. The van der Waals surface area contributed by atoms with Gasteiger partial charge in [-0.25, -0.2) is 0 Å². The summed E-state index contributed by atoms with van der Waals surface area (Å²) in [5.74, 6) is 0. The third-order valence-electron chi connectivity index (χ3n) is 2.18. The standard InChI is InChI=1S/C8H6N2.C6H7N/c1-2-4-8-7(3-1)9-5-6-10-8;7-6-4-2-1-3-5-6/h1-6H;1-5H,7H2. The lowest BCUT2D eigenvalue weighted by atomic mass is 10.3. The molecule has 0 unspecified atom stereocenters. The fourth-order valence-electron chi connectivity index (χ4n) is 1.36. The zero-order chi connectivity index (χ0) is 11.9. The molecule has 0 aliphatic rings. The molecule has 2 N–H and O–H groups in total. The zero-order valence-electron chi connectivity index (χ0n) is 9.32. The Morgan fingerprint density at radius 2 is 1.12 bits per heavy atom. The highest BCUT2D eigenvalue weighted by molar-refractivity contribution is 5.72. The molecule has 3 aromatic rings. The second-order valence-corrected chi connectivity index (χ2v) is 3.46. The number of para-hydroxylation sites is 3. The lowest BCUT2D eigenvalue weighted by Crippen LogP contribution is -1.79. The Labute approximate surface area is 100.0 Å². The fourth-order valence-corrected chi connectivity index (χ4v) is 1.36. The summed E-state index contributed by atoms with van der Waals surface area (Å²) in [6.45, 7) is 0. The first-order valence-electron chi connectivity index (χ1n) is 5.32. The summed E-state index contributed by atoms with van der Waals surface area (Å²) in [7, 11) is 0. The molecule has 3 nitrogen and oxygen atoms in total. The first-order chi connectivity index (χ1) is 8.36. The maximum absolute atomic E-state index is 5.36. The minimum atomic E-state index is 0.822. The van der Waals surface area contributed by atoms with Crippen molar-refractivity contribution in [3.63, 3.8) is 0 Å². The molecule has 0 radical (unpaired) electrons. The number of nitrogen functional groups attached to an aromatic ring is 1. The molecular formula is C14H13N3. The van der Waals surface area contributed by atoms with Crippen molar-refractivity contribution in [2.45, 2.75) is 0 Å². The molecule has 0 aliphatic heterocycles. The van der Waals surface area contributed by atoms with Gasteiger partial charge >= 0.3 is 0 Å². The first-order valence-corrected chi connectivity index (χ1v) is 5.32. The van der Waals surface area contributed by atoms with Gasteiger partial charge in [-0.3, -0.25) is 9.97 Å². The van der Waals surface area contributed by atoms with Crippen molar-refractivity contribution in [2.24, 2.45) is 0 Å². The van der Waals surface area contributed by atoms with Crippen LogP contribution in [-0.2, 0) is 0 Å². The van der Waals surface area contributed by atoms with E-state index in [2.05, 4.69) is 9.97 Å². The number of aromatic nitrogens is 2. The number of hydrogen-bond donors (Lipinski definition) is 1. The Bertz CT molecular complexity index is 513. The number of fused-ring (bicyclic) bond motifs is 1. The van der Waals surface area contributed by atoms with Crippen LogP contribution in [0.15, 0.2) is 67.0 Å². The van der Waals surface area contributed by atoms with Gasteiger partial charge < -0.3 is 5.73 Å². The van der Waals surface area contributed by atoms with E-state index in [1.54, 1.807) is 12.4 Å². The van der Waals surface area contributed by atoms with Gasteiger partial charge in [-0.15, -0.1) is 0 Å². The molecule has 0 amide bonds. The molecule has 0 spiro atoms. The third-order valence-corrected chi connectivity index (χ3v) is 2.18. The normalized spacial score (nSPS) is 9.41. The maximum Gasteiger partial charge on any atom is 0.0886 e. The van der Waals surface area contributed by atoms with Gasteiger partial charge in [0, 0.05) is 18.1 Å². The van der Waals surface area contributed by atoms with Crippen molar-refractivity contribution >= 4 is 16.7 Å². The summed E-state index contributed by atoms with van der Waals surface area (Å²) in [4.78, 5) is 8.24. The van der Waals surface area contributed by atoms with Gasteiger partial charge in [-0.2, -0.15) is 0 Å². The molecule has 0 saturated heterocycles. The summed E-state index contributed by atoms with van der Waals surface area (Å²) in [5, 5.41) is 0. The van der Waals surface area contributed by atoms with Crippen LogP contribution in [0.25, 0.3) is 11.0 Å². The van der Waals surface area contributed by atoms with Crippen LogP contribution in [-0.4, -0.2) is 9.97 Å². The van der Waals surface area contributed by atoms with Crippen LogP contribution in [0.2, 0.25) is 0 Å². The number of nitrogens with two attached hydrogens (primary N) is 1. The molecule has 17 heavy (non-hydrogen) atoms. The largest absolute Gasteiger partial charge is 0.399 e. The number of anilines is 1. The Morgan fingerprint density at radius 1 is 0.647 bits per heavy atom. The molecule has 0 fully saturated rings. The van der Waals surface area contributed by atoms with Crippen LogP contribution < -0.4 is 5.73 Å². The highest BCUT2D eigenvalue weighted by Crippen LogP contribution is 2.04. The van der Waals surface area contributed by atoms with Gasteiger partial charge in [-0.1, -0.05) is 30.3 Å². The van der Waals surface area contributed by atoms with E-state index in [9.17, 15) is 0 Å². The van der Waals surface area contributed by atoms with Gasteiger partial charge in [0.05, 0.1) is 11.0 Å². The van der Waals surface area contributed by atoms with E-state index in [0.717, 1.165) is 16.7 Å². The fraction of sp³-hybridized carbons (Fsp3) is 0. The first kappa shape index (κ1) is 11.1. The van der Waals surface area contributed by atoms with E-state index >= 15 is 0 Å². The second kappa shape index (κ2) is 5.61. The van der Waals surface area contributed by atoms with Crippen LogP contribution in [0, 0.1) is 0 Å². The van der Waals surface area contributed by atoms with Gasteiger partial charge in [-0.05, 0) is 24.3 Å². The topological polar surface area (TPSA) is 51.8 Å². The minimum absolute atomic E-state index is 0.822. The molecule has 0 bridgehead atoms. The summed E-state index contributed by atoms with van der Waals surface area (Å²) < 4.78 is 0. The monoisotopic (exact) mass is 223 g/mol. The molecule has 3 heteroatoms. The SMILES string of the molecule is Nc1ccccc1.c1ccc2nccnc2c1. The Balaban J connectivity index is 0.000000136. The molecule has 1 heterocycles. The van der Waals surface area contributed by atoms with E-state index in [-0.39, 0.29) is 0 Å². The average molecular weight is 223 g/mol. The Hall–Kier alpha value is -2.42. The predicted octanol–water partition coefficient (Wildman–Crippen LogP) is 2.90. The van der Waals surface area contributed by atoms with Crippen LogP contribution in [0.1, 0.15) is 0 Å². The predicted molar refractivity (Wildman–Crippen MR) is 70.4 cm³/mol. The molecular weight excluding hydrogens is 210 g/mol. The van der Waals surface area contributed by atoms with Crippen LogP contribution in [0.5, 0.6) is 0 Å². The van der Waals surface area contributed by atoms with Gasteiger partial charge in [0.25, 0.3) is 0 Å². The quantitative estimate of drug-likeness (QED) is 0.596. The minimum Gasteiger partial charge on any atom is -0.399 e. The lowest BCUT2D eigenvalue weighted by Gasteiger charge is -1.90. The maximum atomic E-state index is 5.36. The molecule has 0 atom stereocenters. The van der Waals surface area contributed by atoms with E-state index in [0.29, 0.717) is 0 Å². The van der Waals surface area contributed by atoms with Crippen LogP contribution in [0.3, 0.4) is 0 Å². The van der Waals surface area contributed by atoms with Crippen molar-refractivity contribution in [3.05, 3.63) is 67.0 Å². The van der Waals surface area contributed by atoms with E-state index in [1.807, 2.05) is 54.6 Å². The lowest BCUT2D eigenvalue weighted by molar-refractivity contribution is 1.29. The molecule has 0 aliphatic carbocycles. The van der Waals surface area contributed by atoms with Crippen LogP contribution >= 0.6 is 0 Å². The zero-order valence-corrected chi connectivity index (χ0v) is 9.32. The van der Waals surface area contributed by atoms with Gasteiger partial charge in [0.15, 0.2) is 0 Å². The van der Waals surface area contributed by atoms with Crippen molar-refractivity contribution in [1.82, 2.24) is 9.97 Å². The molecule has 84 valence electrons. The number of hydrogen-bond acceptors (Lipinski definition) is 3. The molecule has 1 aromatic heterocycles. The molecule has 0 saturated carbocycles. The van der Waals surface area contributed by atoms with E-state index in [1.165, 1.54) is 0 Å². The Kier molecular flexibility index (Phi) is 3.65. The molecule has 2 aromatic carbocycles. The van der Waals surface area contributed by atoms with E-state index < -0.39 is 0 Å². The van der Waals surface area contributed by atoms with Crippen molar-refractivity contribution in [2.75, 3.05) is 5.73 Å². The smallest absolute Gasteiger partial charge is 0.0886 e. The summed E-state index contributed by atoms with van der Waals surface area (Å²) in [5.41, 5.74) is 8.08. The van der Waals surface area contributed by atoms with Crippen molar-refractivity contribution < 1.29 is 0 Å². The van der Waals surface area contributed by atoms with Crippen molar-refractivity contribution in [3.8, 4) is 0 Å². The summed E-state index contributed by atoms with van der Waals surface area (Å²) in [6.07, 6.45) is 3.39. The highest BCUT2D eigenvalue weighted by Gasteiger charge is 1.88.